The van der Waals surface area contributed by atoms with Crippen LogP contribution in [0, 0.1) is 6.92 Å². The molecule has 1 fully saturated rings. The lowest BCUT2D eigenvalue weighted by atomic mass is 9.95. The molecule has 3 aromatic rings. The van der Waals surface area contributed by atoms with Crippen molar-refractivity contribution in [2.24, 2.45) is 0 Å². The SMILES string of the molecule is CNc1nc(C2CCN(Cc3ccnc(C)n3)CC2)nc2nc[nH]c12. The Balaban J connectivity index is 1.45. The van der Waals surface area contributed by atoms with Gasteiger partial charge in [-0.1, -0.05) is 0 Å². The average molecular weight is 338 g/mol. The van der Waals surface area contributed by atoms with Crippen molar-refractivity contribution < 1.29 is 0 Å². The highest BCUT2D eigenvalue weighted by atomic mass is 15.1. The minimum atomic E-state index is 0.372. The highest BCUT2D eigenvalue weighted by molar-refractivity contribution is 5.82. The van der Waals surface area contributed by atoms with Gasteiger partial charge in [0.2, 0.25) is 0 Å². The molecular weight excluding hydrogens is 316 g/mol. The molecule has 0 aliphatic carbocycles. The summed E-state index contributed by atoms with van der Waals surface area (Å²) in [6.07, 6.45) is 5.58. The molecule has 0 bridgehead atoms. The monoisotopic (exact) mass is 338 g/mol. The highest BCUT2D eigenvalue weighted by Crippen LogP contribution is 2.28. The van der Waals surface area contributed by atoms with Crippen molar-refractivity contribution in [2.45, 2.75) is 32.2 Å². The van der Waals surface area contributed by atoms with Crippen LogP contribution in [-0.2, 0) is 6.54 Å². The quantitative estimate of drug-likeness (QED) is 0.750. The summed E-state index contributed by atoms with van der Waals surface area (Å²) in [7, 11) is 1.87. The summed E-state index contributed by atoms with van der Waals surface area (Å²) < 4.78 is 0. The number of nitrogens with zero attached hydrogens (tertiary/aromatic N) is 6. The maximum atomic E-state index is 4.70. The third-order valence-corrected chi connectivity index (χ3v) is 4.71. The molecule has 0 atom stereocenters. The second-order valence-corrected chi connectivity index (χ2v) is 6.43. The van der Waals surface area contributed by atoms with Crippen molar-refractivity contribution in [1.29, 1.82) is 0 Å². The highest BCUT2D eigenvalue weighted by Gasteiger charge is 2.24. The third kappa shape index (κ3) is 3.30. The number of imidazole rings is 1. The fraction of sp³-hybridized carbons (Fsp3) is 0.471. The number of piperidine rings is 1. The van der Waals surface area contributed by atoms with E-state index in [4.69, 9.17) is 4.98 Å². The van der Waals surface area contributed by atoms with Crippen LogP contribution >= 0.6 is 0 Å². The zero-order valence-electron chi connectivity index (χ0n) is 14.5. The summed E-state index contributed by atoms with van der Waals surface area (Å²) in [5.41, 5.74) is 2.67. The standard InChI is InChI=1S/C17H22N8/c1-11-19-6-3-13(22-11)9-25-7-4-12(5-8-25)15-23-16(18-2)14-17(24-15)21-10-20-14/h3,6,10,12H,4-5,7-9H2,1-2H3,(H2,18,20,21,23,24). The lowest BCUT2D eigenvalue weighted by Crippen LogP contribution is -2.33. The van der Waals surface area contributed by atoms with Gasteiger partial charge in [0.15, 0.2) is 11.5 Å². The Labute approximate surface area is 146 Å². The van der Waals surface area contributed by atoms with E-state index in [1.807, 2.05) is 26.2 Å². The molecular formula is C17H22N8. The van der Waals surface area contributed by atoms with E-state index in [-0.39, 0.29) is 0 Å². The van der Waals surface area contributed by atoms with Crippen molar-refractivity contribution in [2.75, 3.05) is 25.5 Å². The van der Waals surface area contributed by atoms with Gasteiger partial charge in [-0.15, -0.1) is 0 Å². The van der Waals surface area contributed by atoms with Gasteiger partial charge in [0.05, 0.1) is 12.0 Å². The van der Waals surface area contributed by atoms with Crippen LogP contribution in [0.1, 0.15) is 36.1 Å². The van der Waals surface area contributed by atoms with Crippen LogP contribution in [0.15, 0.2) is 18.6 Å². The molecule has 4 rings (SSSR count). The molecule has 1 aliphatic heterocycles. The molecule has 2 N–H and O–H groups in total. The first kappa shape index (κ1) is 15.9. The number of nitrogens with one attached hydrogen (secondary N) is 2. The van der Waals surface area contributed by atoms with Gasteiger partial charge in [-0.2, -0.15) is 0 Å². The second-order valence-electron chi connectivity index (χ2n) is 6.43. The largest absolute Gasteiger partial charge is 0.371 e. The molecule has 0 aromatic carbocycles. The molecule has 1 saturated heterocycles. The second kappa shape index (κ2) is 6.72. The molecule has 130 valence electrons. The Morgan fingerprint density at radius 1 is 1.20 bits per heavy atom. The molecule has 0 amide bonds. The summed E-state index contributed by atoms with van der Waals surface area (Å²) in [6.45, 7) is 4.84. The summed E-state index contributed by atoms with van der Waals surface area (Å²) in [5, 5.41) is 3.14. The molecule has 4 heterocycles. The Bertz CT molecular complexity index is 866. The first-order valence-corrected chi connectivity index (χ1v) is 8.62. The van der Waals surface area contributed by atoms with Crippen molar-refractivity contribution in [3.63, 3.8) is 0 Å². The van der Waals surface area contributed by atoms with Crippen LogP contribution in [0.5, 0.6) is 0 Å². The van der Waals surface area contributed by atoms with Gasteiger partial charge in [0, 0.05) is 25.7 Å². The van der Waals surface area contributed by atoms with Gasteiger partial charge >= 0.3 is 0 Å². The number of hydrogen-bond acceptors (Lipinski definition) is 7. The summed E-state index contributed by atoms with van der Waals surface area (Å²) in [6, 6.07) is 1.99. The van der Waals surface area contributed by atoms with E-state index < -0.39 is 0 Å². The van der Waals surface area contributed by atoms with Gasteiger partial charge in [-0.05, 0) is 38.9 Å². The van der Waals surface area contributed by atoms with Gasteiger partial charge in [-0.3, -0.25) is 4.90 Å². The van der Waals surface area contributed by atoms with Crippen molar-refractivity contribution in [3.05, 3.63) is 35.9 Å². The minimum Gasteiger partial charge on any atom is -0.371 e. The number of H-pyrrole nitrogens is 1. The first-order chi connectivity index (χ1) is 12.2. The van der Waals surface area contributed by atoms with Crippen LogP contribution in [0.25, 0.3) is 11.2 Å². The van der Waals surface area contributed by atoms with Crippen LogP contribution in [0.4, 0.5) is 5.82 Å². The predicted molar refractivity (Wildman–Crippen MR) is 95.3 cm³/mol. The number of rotatable bonds is 4. The van der Waals surface area contributed by atoms with Gasteiger partial charge in [0.1, 0.15) is 17.2 Å². The number of aromatic nitrogens is 6. The summed E-state index contributed by atoms with van der Waals surface area (Å²) in [5.74, 6) is 2.90. The fourth-order valence-corrected chi connectivity index (χ4v) is 3.39. The van der Waals surface area contributed by atoms with Crippen LogP contribution in [-0.4, -0.2) is 54.9 Å². The number of likely N-dealkylation sites (tertiary alicyclic amines) is 1. The maximum absolute atomic E-state index is 4.70. The van der Waals surface area contributed by atoms with Crippen LogP contribution in [0.2, 0.25) is 0 Å². The lowest BCUT2D eigenvalue weighted by Gasteiger charge is -2.31. The first-order valence-electron chi connectivity index (χ1n) is 8.62. The van der Waals surface area contributed by atoms with Crippen molar-refractivity contribution in [1.82, 2.24) is 34.8 Å². The van der Waals surface area contributed by atoms with Crippen LogP contribution in [0.3, 0.4) is 0 Å². The molecule has 3 aromatic heterocycles. The van der Waals surface area contributed by atoms with Gasteiger partial charge < -0.3 is 10.3 Å². The molecule has 1 aliphatic rings. The zero-order valence-corrected chi connectivity index (χ0v) is 14.5. The van der Waals surface area contributed by atoms with E-state index in [0.29, 0.717) is 5.92 Å². The normalized spacial score (nSPS) is 16.4. The Morgan fingerprint density at radius 2 is 2.04 bits per heavy atom. The number of fused-ring (bicyclic) bond motifs is 1. The van der Waals surface area contributed by atoms with E-state index in [2.05, 4.69) is 35.1 Å². The van der Waals surface area contributed by atoms with Gasteiger partial charge in [0.25, 0.3) is 0 Å². The zero-order chi connectivity index (χ0) is 17.2. The van der Waals surface area contributed by atoms with E-state index in [0.717, 1.165) is 66.8 Å². The Hall–Kier alpha value is -2.61. The van der Waals surface area contributed by atoms with Gasteiger partial charge in [-0.25, -0.2) is 24.9 Å². The third-order valence-electron chi connectivity index (χ3n) is 4.71. The topological polar surface area (TPSA) is 95.5 Å². The number of aromatic amines is 1. The Kier molecular flexibility index (Phi) is 4.27. The minimum absolute atomic E-state index is 0.372. The molecule has 0 radical (unpaired) electrons. The Morgan fingerprint density at radius 3 is 2.80 bits per heavy atom. The van der Waals surface area contributed by atoms with E-state index in [1.54, 1.807) is 6.33 Å². The van der Waals surface area contributed by atoms with Crippen molar-refractivity contribution in [3.8, 4) is 0 Å². The molecule has 0 saturated carbocycles. The van der Waals surface area contributed by atoms with E-state index in [1.165, 1.54) is 0 Å². The molecule has 8 nitrogen and oxygen atoms in total. The predicted octanol–water partition coefficient (Wildman–Crippen LogP) is 1.87. The number of anilines is 1. The average Bonchev–Trinajstić information content (AvgIpc) is 3.10. The molecule has 8 heteroatoms. The number of hydrogen-bond donors (Lipinski definition) is 2. The van der Waals surface area contributed by atoms with E-state index in [9.17, 15) is 0 Å². The van der Waals surface area contributed by atoms with Crippen LogP contribution < -0.4 is 5.32 Å². The molecule has 0 unspecified atom stereocenters. The molecule has 0 spiro atoms. The maximum Gasteiger partial charge on any atom is 0.183 e. The smallest absolute Gasteiger partial charge is 0.183 e. The fourth-order valence-electron chi connectivity index (χ4n) is 3.39. The lowest BCUT2D eigenvalue weighted by molar-refractivity contribution is 0.199. The summed E-state index contributed by atoms with van der Waals surface area (Å²) >= 11 is 0. The summed E-state index contributed by atoms with van der Waals surface area (Å²) in [4.78, 5) is 27.8. The molecule has 25 heavy (non-hydrogen) atoms. The van der Waals surface area contributed by atoms with Crippen molar-refractivity contribution >= 4 is 17.0 Å². The number of aryl methyl sites for hydroxylation is 1. The van der Waals surface area contributed by atoms with E-state index >= 15 is 0 Å².